The number of hydrogen-bond donors (Lipinski definition) is 1. The molecule has 2 rings (SSSR count). The molecule has 0 aromatic heterocycles. The van der Waals surface area contributed by atoms with E-state index in [4.69, 9.17) is 9.47 Å². The third-order valence-electron chi connectivity index (χ3n) is 3.34. The minimum absolute atomic E-state index is 0.341. The molecule has 6 heteroatoms. The highest BCUT2D eigenvalue weighted by molar-refractivity contribution is 7.86. The largest absolute Gasteiger partial charge is 0.494 e. The SMILES string of the molecule is CCCCOc1ccc(S(=O)Nc2ccccc2C(=O)OC)cc1. The number of hydrogen-bond acceptors (Lipinski definition) is 4. The van der Waals surface area contributed by atoms with Gasteiger partial charge in [-0.1, -0.05) is 25.5 Å². The fourth-order valence-electron chi connectivity index (χ4n) is 2.01. The maximum atomic E-state index is 12.5. The molecule has 0 aliphatic heterocycles. The molecule has 0 fully saturated rings. The second kappa shape index (κ2) is 9.08. The van der Waals surface area contributed by atoms with Gasteiger partial charge in [-0.25, -0.2) is 9.00 Å². The van der Waals surface area contributed by atoms with Crippen molar-refractivity contribution < 1.29 is 18.5 Å². The summed E-state index contributed by atoms with van der Waals surface area (Å²) in [6.07, 6.45) is 2.07. The normalized spacial score (nSPS) is 11.6. The first-order valence-corrected chi connectivity index (χ1v) is 8.89. The lowest BCUT2D eigenvalue weighted by molar-refractivity contribution is 0.0602. The molecule has 0 saturated heterocycles. The van der Waals surface area contributed by atoms with E-state index in [9.17, 15) is 9.00 Å². The summed E-state index contributed by atoms with van der Waals surface area (Å²) in [4.78, 5) is 12.3. The van der Waals surface area contributed by atoms with E-state index < -0.39 is 17.0 Å². The van der Waals surface area contributed by atoms with Gasteiger partial charge >= 0.3 is 5.97 Å². The Kier molecular flexibility index (Phi) is 6.81. The molecule has 0 heterocycles. The van der Waals surface area contributed by atoms with E-state index in [2.05, 4.69) is 11.6 Å². The first kappa shape index (κ1) is 18.0. The number of ether oxygens (including phenoxy) is 2. The van der Waals surface area contributed by atoms with Crippen LogP contribution in [0.2, 0.25) is 0 Å². The van der Waals surface area contributed by atoms with Crippen LogP contribution in [0.1, 0.15) is 30.1 Å². The first-order chi connectivity index (χ1) is 11.7. The predicted octanol–water partition coefficient (Wildman–Crippen LogP) is 3.79. The van der Waals surface area contributed by atoms with E-state index >= 15 is 0 Å². The Morgan fingerprint density at radius 3 is 2.50 bits per heavy atom. The Labute approximate surface area is 144 Å². The number of nitrogens with one attached hydrogen (secondary N) is 1. The highest BCUT2D eigenvalue weighted by Crippen LogP contribution is 2.20. The number of para-hydroxylation sites is 1. The number of carbonyl (C=O) groups is 1. The molecule has 0 amide bonds. The van der Waals surface area contributed by atoms with Crippen LogP contribution in [-0.4, -0.2) is 23.9 Å². The molecule has 1 N–H and O–H groups in total. The molecule has 0 aliphatic rings. The summed E-state index contributed by atoms with van der Waals surface area (Å²) in [5, 5.41) is 0. The highest BCUT2D eigenvalue weighted by atomic mass is 32.2. The second-order valence-corrected chi connectivity index (χ2v) is 6.29. The van der Waals surface area contributed by atoms with Gasteiger partial charge in [0.25, 0.3) is 0 Å². The van der Waals surface area contributed by atoms with Gasteiger partial charge in [-0.2, -0.15) is 0 Å². The van der Waals surface area contributed by atoms with E-state index in [0.717, 1.165) is 18.6 Å². The van der Waals surface area contributed by atoms with Crippen LogP contribution in [0.4, 0.5) is 5.69 Å². The lowest BCUT2D eigenvalue weighted by Crippen LogP contribution is -2.10. The lowest BCUT2D eigenvalue weighted by atomic mass is 10.2. The molecule has 0 saturated carbocycles. The molecular weight excluding hydrogens is 326 g/mol. The first-order valence-electron chi connectivity index (χ1n) is 7.74. The summed E-state index contributed by atoms with van der Waals surface area (Å²) in [5.74, 6) is 0.272. The highest BCUT2D eigenvalue weighted by Gasteiger charge is 2.13. The second-order valence-electron chi connectivity index (χ2n) is 5.08. The summed E-state index contributed by atoms with van der Waals surface area (Å²) in [5.41, 5.74) is 0.804. The molecule has 5 nitrogen and oxygen atoms in total. The summed E-state index contributed by atoms with van der Waals surface area (Å²) < 4.78 is 25.6. The van der Waals surface area contributed by atoms with Gasteiger partial charge in [0.15, 0.2) is 0 Å². The van der Waals surface area contributed by atoms with Gasteiger partial charge in [0.1, 0.15) is 16.7 Å². The number of anilines is 1. The minimum atomic E-state index is -1.49. The molecule has 128 valence electrons. The molecule has 2 aromatic rings. The summed E-state index contributed by atoms with van der Waals surface area (Å²) >= 11 is 0. The lowest BCUT2D eigenvalue weighted by Gasteiger charge is -2.11. The Balaban J connectivity index is 2.06. The van der Waals surface area contributed by atoms with Gasteiger partial charge in [-0.05, 0) is 42.8 Å². The molecule has 0 aliphatic carbocycles. The number of unbranched alkanes of at least 4 members (excludes halogenated alkanes) is 1. The molecule has 0 spiro atoms. The van der Waals surface area contributed by atoms with Crippen LogP contribution in [-0.2, 0) is 15.7 Å². The van der Waals surface area contributed by atoms with Gasteiger partial charge in [0.2, 0.25) is 0 Å². The average molecular weight is 347 g/mol. The smallest absolute Gasteiger partial charge is 0.339 e. The van der Waals surface area contributed by atoms with Crippen LogP contribution in [0.15, 0.2) is 53.4 Å². The van der Waals surface area contributed by atoms with Crippen molar-refractivity contribution in [2.24, 2.45) is 0 Å². The van der Waals surface area contributed by atoms with Crippen LogP contribution in [0, 0.1) is 0 Å². The number of rotatable bonds is 8. The monoisotopic (exact) mass is 347 g/mol. The van der Waals surface area contributed by atoms with Crippen molar-refractivity contribution in [1.82, 2.24) is 0 Å². The zero-order chi connectivity index (χ0) is 17.4. The van der Waals surface area contributed by atoms with Crippen molar-refractivity contribution in [1.29, 1.82) is 0 Å². The van der Waals surface area contributed by atoms with Crippen LogP contribution in [0.25, 0.3) is 0 Å². The fourth-order valence-corrected chi connectivity index (χ4v) is 2.89. The number of methoxy groups -OCH3 is 1. The third-order valence-corrected chi connectivity index (χ3v) is 4.45. The summed E-state index contributed by atoms with van der Waals surface area (Å²) in [6.45, 7) is 2.77. The molecule has 0 bridgehead atoms. The van der Waals surface area contributed by atoms with Gasteiger partial charge in [-0.3, -0.25) is 0 Å². The van der Waals surface area contributed by atoms with Crippen molar-refractivity contribution in [2.75, 3.05) is 18.4 Å². The Hall–Kier alpha value is -2.34. The van der Waals surface area contributed by atoms with E-state index in [1.807, 2.05) is 0 Å². The van der Waals surface area contributed by atoms with E-state index in [1.165, 1.54) is 7.11 Å². The van der Waals surface area contributed by atoms with Gasteiger partial charge in [0.05, 0.1) is 29.9 Å². The van der Waals surface area contributed by atoms with Crippen molar-refractivity contribution in [3.63, 3.8) is 0 Å². The zero-order valence-electron chi connectivity index (χ0n) is 13.8. The van der Waals surface area contributed by atoms with Gasteiger partial charge < -0.3 is 14.2 Å². The Morgan fingerprint density at radius 1 is 1.12 bits per heavy atom. The molecule has 0 radical (unpaired) electrons. The van der Waals surface area contributed by atoms with Crippen molar-refractivity contribution in [3.05, 3.63) is 54.1 Å². The number of esters is 1. The summed E-state index contributed by atoms with van der Waals surface area (Å²) in [6, 6.07) is 13.9. The third kappa shape index (κ3) is 4.83. The van der Waals surface area contributed by atoms with Crippen molar-refractivity contribution in [2.45, 2.75) is 24.7 Å². The molecule has 1 atom stereocenters. The fraction of sp³-hybridized carbons (Fsp3) is 0.278. The zero-order valence-corrected chi connectivity index (χ0v) is 14.6. The van der Waals surface area contributed by atoms with E-state index in [-0.39, 0.29) is 0 Å². The quantitative estimate of drug-likeness (QED) is 0.583. The maximum Gasteiger partial charge on any atom is 0.339 e. The minimum Gasteiger partial charge on any atom is -0.494 e. The standard InChI is InChI=1S/C18H21NO4S/c1-3-4-13-23-14-9-11-15(12-10-14)24(21)19-17-8-6-5-7-16(17)18(20)22-2/h5-12,19H,3-4,13H2,1-2H3. The maximum absolute atomic E-state index is 12.5. The van der Waals surface area contributed by atoms with Crippen molar-refractivity contribution >= 4 is 22.6 Å². The van der Waals surface area contributed by atoms with Crippen LogP contribution in [0.5, 0.6) is 5.75 Å². The Bertz CT molecular complexity index is 700. The molecule has 2 aromatic carbocycles. The van der Waals surface area contributed by atoms with Crippen molar-refractivity contribution in [3.8, 4) is 5.75 Å². The topological polar surface area (TPSA) is 64.6 Å². The van der Waals surface area contributed by atoms with Crippen LogP contribution >= 0.6 is 0 Å². The molecular formula is C18H21NO4S. The average Bonchev–Trinajstić information content (AvgIpc) is 2.62. The number of carbonyl (C=O) groups excluding carboxylic acids is 1. The van der Waals surface area contributed by atoms with E-state index in [1.54, 1.807) is 48.5 Å². The number of benzene rings is 2. The van der Waals surface area contributed by atoms with Gasteiger partial charge in [0, 0.05) is 0 Å². The van der Waals surface area contributed by atoms with Gasteiger partial charge in [-0.15, -0.1) is 0 Å². The van der Waals surface area contributed by atoms with Crippen LogP contribution < -0.4 is 9.46 Å². The molecule has 24 heavy (non-hydrogen) atoms. The van der Waals surface area contributed by atoms with E-state index in [0.29, 0.717) is 22.8 Å². The predicted molar refractivity (Wildman–Crippen MR) is 94.7 cm³/mol. The summed E-state index contributed by atoms with van der Waals surface area (Å²) in [7, 11) is -0.179. The van der Waals surface area contributed by atoms with Crippen LogP contribution in [0.3, 0.4) is 0 Å². The molecule has 1 unspecified atom stereocenters. The Morgan fingerprint density at radius 2 is 1.83 bits per heavy atom.